The van der Waals surface area contributed by atoms with Crippen molar-refractivity contribution in [1.82, 2.24) is 9.80 Å². The van der Waals surface area contributed by atoms with Crippen molar-refractivity contribution in [3.05, 3.63) is 112 Å². The van der Waals surface area contributed by atoms with Crippen molar-refractivity contribution in [2.24, 2.45) is 0 Å². The van der Waals surface area contributed by atoms with Crippen molar-refractivity contribution in [2.45, 2.75) is 61.4 Å². The molecule has 0 aliphatic carbocycles. The molecule has 1 aliphatic rings. The zero-order chi connectivity index (χ0) is 25.8. The molecule has 0 saturated heterocycles. The highest BCUT2D eigenvalue weighted by Gasteiger charge is 2.25. The number of aryl methyl sites for hydroxylation is 2. The van der Waals surface area contributed by atoms with Gasteiger partial charge in [-0.3, -0.25) is 0 Å². The fraction of sp³-hybridized carbons (Fsp3) is 0.375. The molecule has 0 aromatic heterocycles. The van der Waals surface area contributed by atoms with E-state index >= 15 is 0 Å². The SMILES string of the molecule is C=C/C(C(=C)C)=C1\CC(C)=C(c2ccc(C)cc2C)N1C.CC.CCN(C)Cc1ccccc1. The van der Waals surface area contributed by atoms with E-state index < -0.39 is 0 Å². The van der Waals surface area contributed by atoms with Crippen molar-refractivity contribution in [1.29, 1.82) is 0 Å². The van der Waals surface area contributed by atoms with E-state index in [-0.39, 0.29) is 0 Å². The first-order chi connectivity index (χ1) is 16.2. The minimum atomic E-state index is 0.966. The van der Waals surface area contributed by atoms with E-state index in [0.29, 0.717) is 0 Å². The van der Waals surface area contributed by atoms with Gasteiger partial charge in [-0.1, -0.05) is 94.1 Å². The summed E-state index contributed by atoms with van der Waals surface area (Å²) in [5, 5.41) is 0. The minimum Gasteiger partial charge on any atom is -0.347 e. The molecule has 34 heavy (non-hydrogen) atoms. The number of nitrogens with zero attached hydrogens (tertiary/aromatic N) is 2. The van der Waals surface area contributed by atoms with E-state index in [2.05, 4.69) is 113 Å². The van der Waals surface area contributed by atoms with Crippen LogP contribution in [0.1, 0.15) is 63.3 Å². The lowest BCUT2D eigenvalue weighted by Gasteiger charge is -2.23. The summed E-state index contributed by atoms with van der Waals surface area (Å²) in [5.74, 6) is 0. The van der Waals surface area contributed by atoms with Crippen molar-refractivity contribution < 1.29 is 0 Å². The molecule has 1 aliphatic heterocycles. The average Bonchev–Trinajstić information content (AvgIpc) is 3.10. The Hall–Kier alpha value is -2.84. The molecule has 0 N–H and O–H groups in total. The topological polar surface area (TPSA) is 6.48 Å². The van der Waals surface area contributed by atoms with Gasteiger partial charge in [-0.2, -0.15) is 0 Å². The molecule has 184 valence electrons. The van der Waals surface area contributed by atoms with Gasteiger partial charge in [0, 0.05) is 37.0 Å². The zero-order valence-electron chi connectivity index (χ0n) is 23.1. The van der Waals surface area contributed by atoms with Gasteiger partial charge in [0.2, 0.25) is 0 Å². The number of rotatable bonds is 6. The molecule has 2 aromatic carbocycles. The first-order valence-corrected chi connectivity index (χ1v) is 12.4. The molecule has 0 bridgehead atoms. The van der Waals surface area contributed by atoms with Gasteiger partial charge in [0.1, 0.15) is 0 Å². The van der Waals surface area contributed by atoms with E-state index in [1.807, 2.05) is 26.8 Å². The normalized spacial score (nSPS) is 14.2. The fourth-order valence-electron chi connectivity index (χ4n) is 4.19. The van der Waals surface area contributed by atoms with Crippen LogP contribution < -0.4 is 0 Å². The molecule has 1 heterocycles. The monoisotopic (exact) mass is 458 g/mol. The van der Waals surface area contributed by atoms with Gasteiger partial charge in [0.05, 0.1) is 0 Å². The van der Waals surface area contributed by atoms with Crippen LogP contribution in [-0.4, -0.2) is 30.4 Å². The summed E-state index contributed by atoms with van der Waals surface area (Å²) in [6, 6.07) is 17.2. The second kappa shape index (κ2) is 14.4. The van der Waals surface area contributed by atoms with Gasteiger partial charge in [-0.05, 0) is 69.1 Å². The number of allylic oxidation sites excluding steroid dienone is 4. The van der Waals surface area contributed by atoms with E-state index in [1.165, 1.54) is 39.2 Å². The van der Waals surface area contributed by atoms with Crippen LogP contribution in [0, 0.1) is 13.8 Å². The number of hydrogen-bond acceptors (Lipinski definition) is 2. The Morgan fingerprint density at radius 1 is 1.06 bits per heavy atom. The molecule has 0 radical (unpaired) electrons. The Bertz CT molecular complexity index is 1010. The smallest absolute Gasteiger partial charge is 0.0475 e. The predicted molar refractivity (Wildman–Crippen MR) is 153 cm³/mol. The van der Waals surface area contributed by atoms with Crippen LogP contribution in [0.25, 0.3) is 5.70 Å². The molecule has 2 heteroatoms. The van der Waals surface area contributed by atoms with Crippen LogP contribution in [0.5, 0.6) is 0 Å². The van der Waals surface area contributed by atoms with Crippen LogP contribution in [-0.2, 0) is 6.54 Å². The molecule has 3 rings (SSSR count). The van der Waals surface area contributed by atoms with E-state index in [1.54, 1.807) is 0 Å². The average molecular weight is 459 g/mol. The third-order valence-electron chi connectivity index (χ3n) is 6.02. The summed E-state index contributed by atoms with van der Waals surface area (Å²) in [6.45, 7) is 24.9. The molecule has 2 nitrogen and oxygen atoms in total. The summed E-state index contributed by atoms with van der Waals surface area (Å²) < 4.78 is 0. The molecule has 0 spiro atoms. The highest BCUT2D eigenvalue weighted by atomic mass is 15.1. The predicted octanol–water partition coefficient (Wildman–Crippen LogP) is 8.55. The molecule has 2 aromatic rings. The van der Waals surface area contributed by atoms with Crippen molar-refractivity contribution >= 4 is 5.70 Å². The highest BCUT2D eigenvalue weighted by Crippen LogP contribution is 2.40. The number of benzene rings is 2. The lowest BCUT2D eigenvalue weighted by Crippen LogP contribution is -2.16. The van der Waals surface area contributed by atoms with Crippen LogP contribution >= 0.6 is 0 Å². The van der Waals surface area contributed by atoms with Crippen LogP contribution in [0.15, 0.2) is 90.2 Å². The Labute approximate surface area is 210 Å². The van der Waals surface area contributed by atoms with E-state index in [0.717, 1.165) is 30.7 Å². The zero-order valence-corrected chi connectivity index (χ0v) is 23.1. The first-order valence-electron chi connectivity index (χ1n) is 12.4. The lowest BCUT2D eigenvalue weighted by atomic mass is 10.0. The Morgan fingerprint density at radius 3 is 2.18 bits per heavy atom. The van der Waals surface area contributed by atoms with E-state index in [4.69, 9.17) is 0 Å². The van der Waals surface area contributed by atoms with Crippen LogP contribution in [0.2, 0.25) is 0 Å². The summed E-state index contributed by atoms with van der Waals surface area (Å²) in [5.41, 5.74) is 11.6. The van der Waals surface area contributed by atoms with Gasteiger partial charge < -0.3 is 9.80 Å². The standard InChI is InChI=1S/C20H25N.C10H15N.C2H6/c1-8-17(13(2)3)19-12-16(6)20(21(19)7)18-10-9-14(4)11-15(18)5;1-3-11(2)9-10-7-5-4-6-8-10;1-2/h8-11H,1-2,12H2,3-7H3;4-8H,3,9H2,1-2H3;1-2H3/b19-17-;;. The van der Waals surface area contributed by atoms with Crippen LogP contribution in [0.4, 0.5) is 0 Å². The Balaban J connectivity index is 0.000000374. The van der Waals surface area contributed by atoms with E-state index in [9.17, 15) is 0 Å². The van der Waals surface area contributed by atoms with Gasteiger partial charge in [-0.15, -0.1) is 0 Å². The second-order valence-corrected chi connectivity index (χ2v) is 8.84. The van der Waals surface area contributed by atoms with Crippen molar-refractivity contribution in [2.75, 3.05) is 20.6 Å². The molecule has 0 unspecified atom stereocenters. The Kier molecular flexibility index (Phi) is 12.4. The fourth-order valence-corrected chi connectivity index (χ4v) is 4.19. The van der Waals surface area contributed by atoms with Gasteiger partial charge >= 0.3 is 0 Å². The van der Waals surface area contributed by atoms with Gasteiger partial charge in [-0.25, -0.2) is 0 Å². The van der Waals surface area contributed by atoms with Gasteiger partial charge in [0.25, 0.3) is 0 Å². The quantitative estimate of drug-likeness (QED) is 0.428. The molecule has 0 fully saturated rings. The van der Waals surface area contributed by atoms with Gasteiger partial charge in [0.15, 0.2) is 0 Å². The highest BCUT2D eigenvalue weighted by molar-refractivity contribution is 5.75. The first kappa shape index (κ1) is 29.2. The molecule has 0 saturated carbocycles. The third-order valence-corrected chi connectivity index (χ3v) is 6.02. The Morgan fingerprint density at radius 2 is 1.68 bits per heavy atom. The molecular weight excluding hydrogens is 412 g/mol. The summed E-state index contributed by atoms with van der Waals surface area (Å²) >= 11 is 0. The summed E-state index contributed by atoms with van der Waals surface area (Å²) in [4.78, 5) is 4.59. The summed E-state index contributed by atoms with van der Waals surface area (Å²) in [6.07, 6.45) is 2.89. The molecular formula is C32H46N2. The van der Waals surface area contributed by atoms with Crippen LogP contribution in [0.3, 0.4) is 0 Å². The lowest BCUT2D eigenvalue weighted by molar-refractivity contribution is 0.346. The largest absolute Gasteiger partial charge is 0.347 e. The summed E-state index contributed by atoms with van der Waals surface area (Å²) in [7, 11) is 4.28. The van der Waals surface area contributed by atoms with Crippen molar-refractivity contribution in [3.8, 4) is 0 Å². The maximum atomic E-state index is 4.08. The maximum absolute atomic E-state index is 4.08. The van der Waals surface area contributed by atoms with Crippen molar-refractivity contribution in [3.63, 3.8) is 0 Å². The molecule has 0 amide bonds. The minimum absolute atomic E-state index is 0.966. The maximum Gasteiger partial charge on any atom is 0.0475 e. The molecule has 0 atom stereocenters. The third kappa shape index (κ3) is 7.88. The number of hydrogen-bond donors (Lipinski definition) is 0. The second-order valence-electron chi connectivity index (χ2n) is 8.84.